The summed E-state index contributed by atoms with van der Waals surface area (Å²) in [7, 11) is 0. The van der Waals surface area contributed by atoms with Gasteiger partial charge in [-0.25, -0.2) is 0 Å². The van der Waals surface area contributed by atoms with Crippen LogP contribution in [-0.2, 0) is 0 Å². The van der Waals surface area contributed by atoms with Crippen LogP contribution in [0.4, 0.5) is 0 Å². The Labute approximate surface area is 59.2 Å². The largest absolute Gasteiger partial charge is 0.124 e. The molecule has 2 heteroatoms. The van der Waals surface area contributed by atoms with Gasteiger partial charge in [-0.15, -0.1) is 23.2 Å². The molecule has 0 nitrogen and oxygen atoms in total. The number of rotatable bonds is 0. The predicted octanol–water partition coefficient (Wildman–Crippen LogP) is 2.59. The number of halogens is 2. The van der Waals surface area contributed by atoms with Gasteiger partial charge in [-0.3, -0.25) is 0 Å². The maximum Gasteiger partial charge on any atom is 0.124 e. The van der Waals surface area contributed by atoms with E-state index in [0.29, 0.717) is 11.8 Å². The summed E-state index contributed by atoms with van der Waals surface area (Å²) >= 11 is 11.7. The van der Waals surface area contributed by atoms with E-state index in [1.807, 2.05) is 0 Å². The van der Waals surface area contributed by atoms with Gasteiger partial charge in [0.05, 0.1) is 0 Å². The molecular weight excluding hydrogens is 143 g/mol. The van der Waals surface area contributed by atoms with Gasteiger partial charge in [-0.05, 0) is 24.7 Å². The van der Waals surface area contributed by atoms with Gasteiger partial charge < -0.3 is 0 Å². The van der Waals surface area contributed by atoms with Crippen molar-refractivity contribution in [3.8, 4) is 0 Å². The molecule has 0 aliphatic heterocycles. The molecular formula is C6H8Cl2. The Morgan fingerprint density at radius 3 is 1.88 bits per heavy atom. The van der Waals surface area contributed by atoms with E-state index in [0.717, 1.165) is 0 Å². The van der Waals surface area contributed by atoms with Crippen molar-refractivity contribution in [3.63, 3.8) is 0 Å². The standard InChI is InChI=1S/C6H8Cl2/c7-6(8)4-2-1-3-5(4)6/h4-5H,1-3H2. The molecule has 8 heavy (non-hydrogen) atoms. The Bertz CT molecular complexity index is 108. The maximum absolute atomic E-state index is 5.87. The highest BCUT2D eigenvalue weighted by atomic mass is 35.5. The first-order valence-electron chi connectivity index (χ1n) is 3.11. The predicted molar refractivity (Wildman–Crippen MR) is 35.3 cm³/mol. The molecule has 2 aliphatic rings. The Kier molecular flexibility index (Phi) is 0.908. The van der Waals surface area contributed by atoms with Gasteiger partial charge in [0.2, 0.25) is 0 Å². The number of alkyl halides is 2. The monoisotopic (exact) mass is 150 g/mol. The lowest BCUT2D eigenvalue weighted by atomic mass is 10.2. The highest BCUT2D eigenvalue weighted by Crippen LogP contribution is 2.66. The molecule has 2 aliphatic carbocycles. The van der Waals surface area contributed by atoms with Crippen LogP contribution < -0.4 is 0 Å². The fourth-order valence-electron chi connectivity index (χ4n) is 1.81. The lowest BCUT2D eigenvalue weighted by molar-refractivity contribution is 0.715. The van der Waals surface area contributed by atoms with Gasteiger partial charge in [0, 0.05) is 0 Å². The molecule has 2 saturated carbocycles. The summed E-state index contributed by atoms with van der Waals surface area (Å²) in [6.07, 6.45) is 3.87. The van der Waals surface area contributed by atoms with Crippen molar-refractivity contribution in [2.45, 2.75) is 23.6 Å². The summed E-state index contributed by atoms with van der Waals surface area (Å²) in [5.41, 5.74) is 0. The minimum atomic E-state index is -0.293. The SMILES string of the molecule is ClC1(Cl)C2CCCC21. The summed E-state index contributed by atoms with van der Waals surface area (Å²) < 4.78 is -0.293. The third kappa shape index (κ3) is 0.484. The van der Waals surface area contributed by atoms with E-state index in [1.165, 1.54) is 19.3 Å². The first-order valence-corrected chi connectivity index (χ1v) is 3.86. The number of hydrogen-bond donors (Lipinski definition) is 0. The topological polar surface area (TPSA) is 0 Å². The van der Waals surface area contributed by atoms with Crippen LogP contribution in [0.3, 0.4) is 0 Å². The van der Waals surface area contributed by atoms with Gasteiger partial charge in [-0.2, -0.15) is 0 Å². The van der Waals surface area contributed by atoms with E-state index in [-0.39, 0.29) is 4.33 Å². The van der Waals surface area contributed by atoms with Crippen molar-refractivity contribution in [1.29, 1.82) is 0 Å². The second kappa shape index (κ2) is 1.35. The fraction of sp³-hybridized carbons (Fsp3) is 1.00. The quantitative estimate of drug-likeness (QED) is 0.466. The zero-order chi connectivity index (χ0) is 5.78. The zero-order valence-corrected chi connectivity index (χ0v) is 6.04. The summed E-state index contributed by atoms with van der Waals surface area (Å²) in [5, 5.41) is 0. The fourth-order valence-corrected chi connectivity index (χ4v) is 2.72. The molecule has 0 aromatic rings. The summed E-state index contributed by atoms with van der Waals surface area (Å²) in [5.74, 6) is 1.32. The molecule has 2 atom stereocenters. The Morgan fingerprint density at radius 2 is 1.62 bits per heavy atom. The molecule has 0 heterocycles. The third-order valence-corrected chi connectivity index (χ3v) is 3.52. The van der Waals surface area contributed by atoms with E-state index in [2.05, 4.69) is 0 Å². The van der Waals surface area contributed by atoms with Crippen molar-refractivity contribution < 1.29 is 0 Å². The Morgan fingerprint density at radius 1 is 1.12 bits per heavy atom. The molecule has 0 saturated heterocycles. The molecule has 2 rings (SSSR count). The van der Waals surface area contributed by atoms with E-state index < -0.39 is 0 Å². The van der Waals surface area contributed by atoms with E-state index >= 15 is 0 Å². The first-order chi connectivity index (χ1) is 3.73. The number of fused-ring (bicyclic) bond motifs is 1. The molecule has 0 bridgehead atoms. The van der Waals surface area contributed by atoms with Gasteiger partial charge in [0.15, 0.2) is 0 Å². The minimum absolute atomic E-state index is 0.293. The van der Waals surface area contributed by atoms with Crippen molar-refractivity contribution >= 4 is 23.2 Å². The van der Waals surface area contributed by atoms with Gasteiger partial charge >= 0.3 is 0 Å². The number of hydrogen-bond acceptors (Lipinski definition) is 0. The van der Waals surface area contributed by atoms with Crippen LogP contribution >= 0.6 is 23.2 Å². The van der Waals surface area contributed by atoms with Gasteiger partial charge in [0.1, 0.15) is 4.33 Å². The highest BCUT2D eigenvalue weighted by Gasteiger charge is 2.64. The molecule has 0 aromatic carbocycles. The van der Waals surface area contributed by atoms with Gasteiger partial charge in [0.25, 0.3) is 0 Å². The smallest absolute Gasteiger partial charge is 0.101 e. The lowest BCUT2D eigenvalue weighted by Gasteiger charge is -1.99. The minimum Gasteiger partial charge on any atom is -0.101 e. The van der Waals surface area contributed by atoms with Crippen LogP contribution in [0.5, 0.6) is 0 Å². The van der Waals surface area contributed by atoms with Gasteiger partial charge in [-0.1, -0.05) is 6.42 Å². The Hall–Kier alpha value is 0.580. The summed E-state index contributed by atoms with van der Waals surface area (Å²) in [4.78, 5) is 0. The van der Waals surface area contributed by atoms with Crippen molar-refractivity contribution in [3.05, 3.63) is 0 Å². The van der Waals surface area contributed by atoms with Crippen molar-refractivity contribution in [1.82, 2.24) is 0 Å². The molecule has 0 amide bonds. The van der Waals surface area contributed by atoms with E-state index in [4.69, 9.17) is 23.2 Å². The molecule has 0 N–H and O–H groups in total. The van der Waals surface area contributed by atoms with Crippen LogP contribution in [0.15, 0.2) is 0 Å². The zero-order valence-electron chi connectivity index (χ0n) is 4.53. The highest BCUT2D eigenvalue weighted by molar-refractivity contribution is 6.51. The first kappa shape index (κ1) is 5.37. The van der Waals surface area contributed by atoms with Crippen molar-refractivity contribution in [2.24, 2.45) is 11.8 Å². The molecule has 0 radical (unpaired) electrons. The van der Waals surface area contributed by atoms with Crippen LogP contribution in [0, 0.1) is 11.8 Å². The van der Waals surface area contributed by atoms with Crippen molar-refractivity contribution in [2.75, 3.05) is 0 Å². The van der Waals surface area contributed by atoms with Crippen LogP contribution in [0.2, 0.25) is 0 Å². The normalized spacial score (nSPS) is 48.8. The average Bonchev–Trinajstić information content (AvgIpc) is 2.22. The third-order valence-electron chi connectivity index (χ3n) is 2.40. The average molecular weight is 151 g/mol. The molecule has 0 aromatic heterocycles. The Balaban J connectivity index is 2.13. The second-order valence-corrected chi connectivity index (χ2v) is 4.26. The van der Waals surface area contributed by atoms with Crippen LogP contribution in [-0.4, -0.2) is 4.33 Å². The lowest BCUT2D eigenvalue weighted by Crippen LogP contribution is -1.94. The van der Waals surface area contributed by atoms with Crippen LogP contribution in [0.25, 0.3) is 0 Å². The molecule has 2 unspecified atom stereocenters. The molecule has 0 spiro atoms. The van der Waals surface area contributed by atoms with Crippen LogP contribution in [0.1, 0.15) is 19.3 Å². The van der Waals surface area contributed by atoms with E-state index in [1.54, 1.807) is 0 Å². The molecule has 2 fully saturated rings. The summed E-state index contributed by atoms with van der Waals surface area (Å²) in [6.45, 7) is 0. The summed E-state index contributed by atoms with van der Waals surface area (Å²) in [6, 6.07) is 0. The second-order valence-electron chi connectivity index (χ2n) is 2.82. The maximum atomic E-state index is 5.87. The molecule has 46 valence electrons. The van der Waals surface area contributed by atoms with E-state index in [9.17, 15) is 0 Å².